The van der Waals surface area contributed by atoms with Crippen LogP contribution >= 0.6 is 0 Å². The lowest BCUT2D eigenvalue weighted by atomic mass is 10.2. The summed E-state index contributed by atoms with van der Waals surface area (Å²) >= 11 is 0. The van der Waals surface area contributed by atoms with E-state index < -0.39 is 17.7 Å². The zero-order valence-corrected chi connectivity index (χ0v) is 12.6. The molecule has 0 aliphatic heterocycles. The number of hydrogen-bond acceptors (Lipinski definition) is 4. The molecule has 0 atom stereocenters. The summed E-state index contributed by atoms with van der Waals surface area (Å²) < 4.78 is 32.4. The fourth-order valence-electron chi connectivity index (χ4n) is 1.93. The van der Waals surface area contributed by atoms with Gasteiger partial charge in [-0.3, -0.25) is 4.79 Å². The van der Waals surface area contributed by atoms with Crippen molar-refractivity contribution in [3.63, 3.8) is 0 Å². The van der Waals surface area contributed by atoms with Crippen LogP contribution in [0.5, 0.6) is 5.75 Å². The fourth-order valence-corrected chi connectivity index (χ4v) is 1.93. The number of anilines is 1. The molecule has 0 bridgehead atoms. The van der Waals surface area contributed by atoms with Crippen LogP contribution in [0.3, 0.4) is 0 Å². The number of nitrogens with two attached hydrogens (primary N) is 1. The monoisotopic (exact) mass is 321 g/mol. The maximum Gasteiger partial charge on any atom is 0.255 e. The highest BCUT2D eigenvalue weighted by Crippen LogP contribution is 2.20. The van der Waals surface area contributed by atoms with Crippen LogP contribution in [0.25, 0.3) is 0 Å². The number of carbonyl (C=O) groups excluding carboxylic acids is 1. The highest BCUT2D eigenvalue weighted by atomic mass is 19.1. The Balaban J connectivity index is 2.07. The number of nitrogens with one attached hydrogen (secondary N) is 1. The SMILES string of the molecule is CCCOc1cccc(CNC(=O)c2ccc(F)nc2N)c1F. The fraction of sp³-hybridized carbons (Fsp3) is 0.250. The van der Waals surface area contributed by atoms with Crippen molar-refractivity contribution in [2.24, 2.45) is 0 Å². The minimum atomic E-state index is -0.772. The van der Waals surface area contributed by atoms with Gasteiger partial charge in [0.15, 0.2) is 11.6 Å². The van der Waals surface area contributed by atoms with E-state index in [9.17, 15) is 13.6 Å². The Hall–Kier alpha value is -2.70. The van der Waals surface area contributed by atoms with Crippen LogP contribution in [-0.2, 0) is 6.54 Å². The lowest BCUT2D eigenvalue weighted by Crippen LogP contribution is -2.24. The van der Waals surface area contributed by atoms with Gasteiger partial charge in [-0.05, 0) is 24.6 Å². The topological polar surface area (TPSA) is 77.2 Å². The smallest absolute Gasteiger partial charge is 0.255 e. The quantitative estimate of drug-likeness (QED) is 0.802. The third kappa shape index (κ3) is 4.15. The van der Waals surface area contributed by atoms with Gasteiger partial charge < -0.3 is 15.8 Å². The van der Waals surface area contributed by atoms with Gasteiger partial charge in [0.2, 0.25) is 5.95 Å². The molecule has 2 aromatic rings. The number of nitrogen functional groups attached to an aromatic ring is 1. The standard InChI is InChI=1S/C16H17F2N3O2/c1-2-8-23-12-5-3-4-10(14(12)18)9-20-16(22)11-6-7-13(17)21-15(11)19/h3-7H,2,8-9H2,1H3,(H2,19,21)(H,20,22). The second-order valence-electron chi connectivity index (χ2n) is 4.83. The average molecular weight is 321 g/mol. The summed E-state index contributed by atoms with van der Waals surface area (Å²) in [5.41, 5.74) is 5.81. The van der Waals surface area contributed by atoms with Gasteiger partial charge in [-0.1, -0.05) is 19.1 Å². The molecule has 3 N–H and O–H groups in total. The molecule has 122 valence electrons. The molecule has 1 heterocycles. The third-order valence-electron chi connectivity index (χ3n) is 3.08. The molecule has 1 amide bonds. The molecule has 0 radical (unpaired) electrons. The molecule has 2 rings (SSSR count). The Morgan fingerprint density at radius 1 is 1.30 bits per heavy atom. The van der Waals surface area contributed by atoms with E-state index in [0.717, 1.165) is 12.5 Å². The van der Waals surface area contributed by atoms with E-state index in [1.807, 2.05) is 6.92 Å². The van der Waals surface area contributed by atoms with Gasteiger partial charge >= 0.3 is 0 Å². The predicted octanol–water partition coefficient (Wildman–Crippen LogP) is 2.66. The van der Waals surface area contributed by atoms with Gasteiger partial charge in [-0.2, -0.15) is 4.39 Å². The molecule has 0 spiro atoms. The number of aromatic nitrogens is 1. The number of pyridine rings is 1. The molecule has 0 unspecified atom stereocenters. The Morgan fingerprint density at radius 2 is 2.09 bits per heavy atom. The molecular weight excluding hydrogens is 304 g/mol. The van der Waals surface area contributed by atoms with E-state index >= 15 is 0 Å². The number of nitrogens with zero attached hydrogens (tertiary/aromatic N) is 1. The van der Waals surface area contributed by atoms with Crippen LogP contribution in [0, 0.1) is 11.8 Å². The molecule has 0 aliphatic rings. The third-order valence-corrected chi connectivity index (χ3v) is 3.08. The summed E-state index contributed by atoms with van der Waals surface area (Å²) in [5, 5.41) is 2.52. The number of rotatable bonds is 6. The molecular formula is C16H17F2N3O2. The summed E-state index contributed by atoms with van der Waals surface area (Å²) in [6.45, 7) is 2.28. The van der Waals surface area contributed by atoms with Crippen molar-refractivity contribution in [1.82, 2.24) is 10.3 Å². The minimum absolute atomic E-state index is 0.0326. The van der Waals surface area contributed by atoms with E-state index in [4.69, 9.17) is 10.5 Å². The van der Waals surface area contributed by atoms with Crippen LogP contribution < -0.4 is 15.8 Å². The molecule has 5 nitrogen and oxygen atoms in total. The van der Waals surface area contributed by atoms with Crippen LogP contribution in [0.1, 0.15) is 29.3 Å². The number of ether oxygens (including phenoxy) is 1. The first-order valence-electron chi connectivity index (χ1n) is 7.13. The second-order valence-corrected chi connectivity index (χ2v) is 4.83. The van der Waals surface area contributed by atoms with E-state index in [-0.39, 0.29) is 29.2 Å². The van der Waals surface area contributed by atoms with Crippen molar-refractivity contribution in [3.8, 4) is 5.75 Å². The van der Waals surface area contributed by atoms with E-state index in [2.05, 4.69) is 10.3 Å². The first-order valence-corrected chi connectivity index (χ1v) is 7.13. The highest BCUT2D eigenvalue weighted by Gasteiger charge is 2.14. The zero-order chi connectivity index (χ0) is 16.8. The molecule has 0 saturated heterocycles. The number of hydrogen-bond donors (Lipinski definition) is 2. The molecule has 7 heteroatoms. The first-order chi connectivity index (χ1) is 11.0. The summed E-state index contributed by atoms with van der Waals surface area (Å²) in [6, 6.07) is 6.97. The number of benzene rings is 1. The van der Waals surface area contributed by atoms with Crippen molar-refractivity contribution in [2.75, 3.05) is 12.3 Å². The van der Waals surface area contributed by atoms with E-state index in [1.54, 1.807) is 12.1 Å². The summed E-state index contributed by atoms with van der Waals surface area (Å²) in [4.78, 5) is 15.4. The summed E-state index contributed by atoms with van der Waals surface area (Å²) in [5.74, 6) is -1.93. The van der Waals surface area contributed by atoms with Crippen molar-refractivity contribution in [2.45, 2.75) is 19.9 Å². The van der Waals surface area contributed by atoms with Gasteiger partial charge in [0.25, 0.3) is 5.91 Å². The number of carbonyl (C=O) groups is 1. The summed E-state index contributed by atoms with van der Waals surface area (Å²) in [6.07, 6.45) is 0.761. The zero-order valence-electron chi connectivity index (χ0n) is 12.6. The van der Waals surface area contributed by atoms with Crippen LogP contribution in [-0.4, -0.2) is 17.5 Å². The van der Waals surface area contributed by atoms with Crippen LogP contribution in [0.4, 0.5) is 14.6 Å². The minimum Gasteiger partial charge on any atom is -0.491 e. The largest absolute Gasteiger partial charge is 0.491 e. The van der Waals surface area contributed by atoms with Crippen LogP contribution in [0.2, 0.25) is 0 Å². The Bertz CT molecular complexity index is 708. The predicted molar refractivity (Wildman–Crippen MR) is 82.0 cm³/mol. The van der Waals surface area contributed by atoms with Gasteiger partial charge in [-0.15, -0.1) is 0 Å². The van der Waals surface area contributed by atoms with Crippen LogP contribution in [0.15, 0.2) is 30.3 Å². The lowest BCUT2D eigenvalue weighted by molar-refractivity contribution is 0.0951. The van der Waals surface area contributed by atoms with E-state index in [0.29, 0.717) is 6.61 Å². The number of amides is 1. The molecule has 1 aromatic carbocycles. The van der Waals surface area contributed by atoms with Crippen molar-refractivity contribution >= 4 is 11.7 Å². The Kier molecular flexibility index (Phi) is 5.46. The van der Waals surface area contributed by atoms with Crippen molar-refractivity contribution < 1.29 is 18.3 Å². The van der Waals surface area contributed by atoms with Gasteiger partial charge in [0.05, 0.1) is 12.2 Å². The van der Waals surface area contributed by atoms with Crippen molar-refractivity contribution in [1.29, 1.82) is 0 Å². The summed E-state index contributed by atoms with van der Waals surface area (Å²) in [7, 11) is 0. The number of halogens is 2. The normalized spacial score (nSPS) is 10.4. The van der Waals surface area contributed by atoms with Crippen molar-refractivity contribution in [3.05, 3.63) is 53.2 Å². The van der Waals surface area contributed by atoms with Gasteiger partial charge in [-0.25, -0.2) is 9.37 Å². The maximum absolute atomic E-state index is 14.2. The maximum atomic E-state index is 14.2. The molecule has 23 heavy (non-hydrogen) atoms. The molecule has 0 aliphatic carbocycles. The highest BCUT2D eigenvalue weighted by molar-refractivity contribution is 5.98. The Labute approximate surface area is 132 Å². The average Bonchev–Trinajstić information content (AvgIpc) is 2.52. The molecule has 0 saturated carbocycles. The first kappa shape index (κ1) is 16.7. The van der Waals surface area contributed by atoms with Gasteiger partial charge in [0.1, 0.15) is 5.82 Å². The van der Waals surface area contributed by atoms with Gasteiger partial charge in [0, 0.05) is 12.1 Å². The van der Waals surface area contributed by atoms with E-state index in [1.165, 1.54) is 12.1 Å². The lowest BCUT2D eigenvalue weighted by Gasteiger charge is -2.11. The molecule has 0 fully saturated rings. The Morgan fingerprint density at radius 3 is 2.78 bits per heavy atom. The molecule has 1 aromatic heterocycles. The second kappa shape index (κ2) is 7.53.